The second-order valence-corrected chi connectivity index (χ2v) is 3.16. The number of hydrogen-bond acceptors (Lipinski definition) is 3. The molecule has 0 saturated carbocycles. The van der Waals surface area contributed by atoms with Crippen molar-refractivity contribution in [1.29, 1.82) is 0 Å². The van der Waals surface area contributed by atoms with Gasteiger partial charge in [-0.15, -0.1) is 10.2 Å². The molecule has 1 heterocycles. The van der Waals surface area contributed by atoms with E-state index >= 15 is 0 Å². The first-order valence-electron chi connectivity index (χ1n) is 3.92. The summed E-state index contributed by atoms with van der Waals surface area (Å²) in [6, 6.07) is 4.00. The SMILES string of the molecule is Cc1nnc(-c2ccc(F)cc2Cl)o1. The molecule has 0 saturated heterocycles. The highest BCUT2D eigenvalue weighted by molar-refractivity contribution is 6.33. The van der Waals surface area contributed by atoms with Crippen LogP contribution in [0.25, 0.3) is 11.5 Å². The normalized spacial score (nSPS) is 10.5. The molecule has 0 bridgehead atoms. The zero-order valence-corrected chi connectivity index (χ0v) is 8.05. The minimum absolute atomic E-state index is 0.258. The Morgan fingerprint density at radius 3 is 2.71 bits per heavy atom. The fourth-order valence-corrected chi connectivity index (χ4v) is 1.32. The standard InChI is InChI=1S/C9H6ClFN2O/c1-5-12-13-9(14-5)7-3-2-6(11)4-8(7)10/h2-4H,1H3. The largest absolute Gasteiger partial charge is 0.421 e. The van der Waals surface area contributed by atoms with Gasteiger partial charge in [-0.2, -0.15) is 0 Å². The Balaban J connectivity index is 2.52. The van der Waals surface area contributed by atoms with Crippen LogP contribution in [0.1, 0.15) is 5.89 Å². The van der Waals surface area contributed by atoms with Crippen LogP contribution in [-0.2, 0) is 0 Å². The van der Waals surface area contributed by atoms with E-state index in [2.05, 4.69) is 10.2 Å². The van der Waals surface area contributed by atoms with E-state index < -0.39 is 5.82 Å². The van der Waals surface area contributed by atoms with Crippen molar-refractivity contribution in [3.8, 4) is 11.5 Å². The van der Waals surface area contributed by atoms with Crippen LogP contribution in [0.4, 0.5) is 4.39 Å². The summed E-state index contributed by atoms with van der Waals surface area (Å²) in [5, 5.41) is 7.70. The molecule has 0 fully saturated rings. The predicted molar refractivity (Wildman–Crippen MR) is 49.4 cm³/mol. The minimum Gasteiger partial charge on any atom is -0.421 e. The molecule has 2 rings (SSSR count). The number of benzene rings is 1. The van der Waals surface area contributed by atoms with Crippen LogP contribution in [-0.4, -0.2) is 10.2 Å². The molecule has 2 aromatic rings. The summed E-state index contributed by atoms with van der Waals surface area (Å²) in [5.74, 6) is 0.350. The Labute approximate surface area is 84.5 Å². The van der Waals surface area contributed by atoms with Crippen LogP contribution in [0, 0.1) is 12.7 Å². The van der Waals surface area contributed by atoms with Gasteiger partial charge in [0.05, 0.1) is 10.6 Å². The summed E-state index contributed by atoms with van der Waals surface area (Å²) in [6.45, 7) is 1.67. The maximum atomic E-state index is 12.7. The molecule has 1 aromatic carbocycles. The second-order valence-electron chi connectivity index (χ2n) is 2.75. The van der Waals surface area contributed by atoms with E-state index in [1.165, 1.54) is 18.2 Å². The molecule has 0 spiro atoms. The van der Waals surface area contributed by atoms with Crippen LogP contribution in [0.3, 0.4) is 0 Å². The molecule has 0 N–H and O–H groups in total. The zero-order valence-electron chi connectivity index (χ0n) is 7.29. The van der Waals surface area contributed by atoms with Gasteiger partial charge in [-0.25, -0.2) is 4.39 Å². The van der Waals surface area contributed by atoms with Crippen molar-refractivity contribution in [1.82, 2.24) is 10.2 Å². The maximum Gasteiger partial charge on any atom is 0.249 e. The lowest BCUT2D eigenvalue weighted by molar-refractivity contribution is 0.532. The lowest BCUT2D eigenvalue weighted by Crippen LogP contribution is -1.81. The molecule has 0 aliphatic rings. The van der Waals surface area contributed by atoms with Gasteiger partial charge in [-0.1, -0.05) is 11.6 Å². The van der Waals surface area contributed by atoms with Gasteiger partial charge in [0, 0.05) is 6.92 Å². The smallest absolute Gasteiger partial charge is 0.249 e. The monoisotopic (exact) mass is 212 g/mol. The van der Waals surface area contributed by atoms with Gasteiger partial charge in [0.15, 0.2) is 0 Å². The van der Waals surface area contributed by atoms with E-state index in [0.29, 0.717) is 17.3 Å². The summed E-state index contributed by atoms with van der Waals surface area (Å²) in [4.78, 5) is 0. The molecule has 1 aromatic heterocycles. The first kappa shape index (κ1) is 9.15. The third-order valence-corrected chi connectivity index (χ3v) is 2.00. The number of aryl methyl sites for hydroxylation is 1. The van der Waals surface area contributed by atoms with Crippen molar-refractivity contribution < 1.29 is 8.81 Å². The Morgan fingerprint density at radius 2 is 2.14 bits per heavy atom. The van der Waals surface area contributed by atoms with Gasteiger partial charge >= 0.3 is 0 Å². The van der Waals surface area contributed by atoms with E-state index in [1.54, 1.807) is 6.92 Å². The van der Waals surface area contributed by atoms with Gasteiger partial charge < -0.3 is 4.42 Å². The molecular formula is C9H6ClFN2O. The lowest BCUT2D eigenvalue weighted by atomic mass is 10.2. The topological polar surface area (TPSA) is 38.9 Å². The van der Waals surface area contributed by atoms with Crippen molar-refractivity contribution in [3.63, 3.8) is 0 Å². The van der Waals surface area contributed by atoms with E-state index in [1.807, 2.05) is 0 Å². The van der Waals surface area contributed by atoms with Crippen LogP contribution in [0.5, 0.6) is 0 Å². The molecule has 0 atom stereocenters. The van der Waals surface area contributed by atoms with E-state index in [0.717, 1.165) is 0 Å². The maximum absolute atomic E-state index is 12.7. The Bertz CT molecular complexity index is 470. The number of rotatable bonds is 1. The van der Waals surface area contributed by atoms with E-state index in [-0.39, 0.29) is 5.02 Å². The van der Waals surface area contributed by atoms with Crippen LogP contribution >= 0.6 is 11.6 Å². The molecule has 0 unspecified atom stereocenters. The summed E-state index contributed by atoms with van der Waals surface area (Å²) in [5.41, 5.74) is 0.536. The first-order chi connectivity index (χ1) is 6.66. The highest BCUT2D eigenvalue weighted by atomic mass is 35.5. The molecule has 0 aliphatic heterocycles. The van der Waals surface area contributed by atoms with Crippen molar-refractivity contribution in [2.24, 2.45) is 0 Å². The fourth-order valence-electron chi connectivity index (χ4n) is 1.07. The highest BCUT2D eigenvalue weighted by Crippen LogP contribution is 2.27. The summed E-state index contributed by atoms with van der Waals surface area (Å²) in [6.07, 6.45) is 0. The average Bonchev–Trinajstić information content (AvgIpc) is 2.51. The van der Waals surface area contributed by atoms with Crippen LogP contribution in [0.2, 0.25) is 5.02 Å². The van der Waals surface area contributed by atoms with Gasteiger partial charge in [0.1, 0.15) is 5.82 Å². The van der Waals surface area contributed by atoms with Crippen molar-refractivity contribution >= 4 is 11.6 Å². The van der Waals surface area contributed by atoms with Gasteiger partial charge in [-0.05, 0) is 18.2 Å². The summed E-state index contributed by atoms with van der Waals surface area (Å²) >= 11 is 5.81. The Hall–Kier alpha value is -1.42. The van der Waals surface area contributed by atoms with Gasteiger partial charge in [-0.3, -0.25) is 0 Å². The van der Waals surface area contributed by atoms with E-state index in [9.17, 15) is 4.39 Å². The lowest BCUT2D eigenvalue weighted by Gasteiger charge is -1.97. The van der Waals surface area contributed by atoms with Crippen LogP contribution < -0.4 is 0 Å². The van der Waals surface area contributed by atoms with Gasteiger partial charge in [0.25, 0.3) is 0 Å². The Kier molecular flexibility index (Phi) is 2.21. The molecular weight excluding hydrogens is 207 g/mol. The number of nitrogens with zero attached hydrogens (tertiary/aromatic N) is 2. The highest BCUT2D eigenvalue weighted by Gasteiger charge is 2.10. The molecule has 5 heteroatoms. The average molecular weight is 213 g/mol. The minimum atomic E-state index is -0.394. The molecule has 0 amide bonds. The summed E-state index contributed by atoms with van der Waals surface area (Å²) < 4.78 is 17.9. The van der Waals surface area contributed by atoms with Crippen molar-refractivity contribution in [2.75, 3.05) is 0 Å². The molecule has 0 radical (unpaired) electrons. The fraction of sp³-hybridized carbons (Fsp3) is 0.111. The number of halogens is 2. The third-order valence-electron chi connectivity index (χ3n) is 1.69. The van der Waals surface area contributed by atoms with Crippen molar-refractivity contribution in [3.05, 3.63) is 34.9 Å². The molecule has 14 heavy (non-hydrogen) atoms. The summed E-state index contributed by atoms with van der Waals surface area (Å²) in [7, 11) is 0. The van der Waals surface area contributed by atoms with Crippen molar-refractivity contribution in [2.45, 2.75) is 6.92 Å². The second kappa shape index (κ2) is 3.38. The first-order valence-corrected chi connectivity index (χ1v) is 4.30. The van der Waals surface area contributed by atoms with Crippen LogP contribution in [0.15, 0.2) is 22.6 Å². The quantitative estimate of drug-likeness (QED) is 0.730. The zero-order chi connectivity index (χ0) is 10.1. The molecule has 72 valence electrons. The van der Waals surface area contributed by atoms with E-state index in [4.69, 9.17) is 16.0 Å². The molecule has 3 nitrogen and oxygen atoms in total. The molecule has 0 aliphatic carbocycles. The number of aromatic nitrogens is 2. The van der Waals surface area contributed by atoms with Gasteiger partial charge in [0.2, 0.25) is 11.8 Å². The third kappa shape index (κ3) is 1.61. The predicted octanol–water partition coefficient (Wildman–Crippen LogP) is 2.84. The Morgan fingerprint density at radius 1 is 1.36 bits per heavy atom. The number of hydrogen-bond donors (Lipinski definition) is 0.